The maximum atomic E-state index is 14.5. The van der Waals surface area contributed by atoms with Crippen molar-refractivity contribution >= 4 is 17.1 Å². The molecule has 0 aliphatic heterocycles. The number of hydrogen-bond acceptors (Lipinski definition) is 1. The Morgan fingerprint density at radius 2 is 0.863 bits per heavy atom. The molecule has 0 aromatic heterocycles. The lowest BCUT2D eigenvalue weighted by atomic mass is 9.67. The fourth-order valence-electron chi connectivity index (χ4n) is 7.97. The Bertz CT molecular complexity index is 2460. The second-order valence-electron chi connectivity index (χ2n) is 13.0. The zero-order chi connectivity index (χ0) is 34.2. The summed E-state index contributed by atoms with van der Waals surface area (Å²) in [6.07, 6.45) is 0. The number of hydrogen-bond donors (Lipinski definition) is 0. The molecule has 0 saturated carbocycles. The van der Waals surface area contributed by atoms with Crippen LogP contribution in [0.3, 0.4) is 0 Å². The number of para-hydroxylation sites is 1. The largest absolute Gasteiger partial charge is 0.310 e. The van der Waals surface area contributed by atoms with E-state index in [1.54, 1.807) is 12.1 Å². The molecule has 8 aromatic carbocycles. The SMILES string of the molecule is Fc1ccc(C2(c3ccccc3)c3ccccc3-c3ccc(N(c4ccc(-c5ccccc5)cc4)c4ccccc4-c4ccccc4)cc32)cc1. The van der Waals surface area contributed by atoms with Crippen LogP contribution in [0, 0.1) is 5.82 Å². The van der Waals surface area contributed by atoms with Crippen LogP contribution in [0.4, 0.5) is 21.5 Å². The Morgan fingerprint density at radius 1 is 0.353 bits per heavy atom. The third-order valence-corrected chi connectivity index (χ3v) is 10.2. The molecule has 0 heterocycles. The Hall–Kier alpha value is -6.51. The Labute approximate surface area is 298 Å². The average Bonchev–Trinajstić information content (AvgIpc) is 3.50. The molecule has 0 saturated heterocycles. The van der Waals surface area contributed by atoms with Gasteiger partial charge in [0, 0.05) is 16.9 Å². The minimum absolute atomic E-state index is 0.245. The highest BCUT2D eigenvalue weighted by atomic mass is 19.1. The Kier molecular flexibility index (Phi) is 7.63. The normalized spacial score (nSPS) is 14.5. The summed E-state index contributed by atoms with van der Waals surface area (Å²) in [6.45, 7) is 0. The van der Waals surface area contributed by atoms with E-state index < -0.39 is 5.41 Å². The third kappa shape index (κ3) is 5.16. The van der Waals surface area contributed by atoms with Gasteiger partial charge in [0.1, 0.15) is 5.82 Å². The number of fused-ring (bicyclic) bond motifs is 3. The van der Waals surface area contributed by atoms with Gasteiger partial charge in [0.25, 0.3) is 0 Å². The first-order valence-electron chi connectivity index (χ1n) is 17.4. The van der Waals surface area contributed by atoms with Crippen LogP contribution in [0.2, 0.25) is 0 Å². The first-order valence-corrected chi connectivity index (χ1v) is 17.4. The van der Waals surface area contributed by atoms with Gasteiger partial charge >= 0.3 is 0 Å². The van der Waals surface area contributed by atoms with Gasteiger partial charge in [-0.05, 0) is 92.5 Å². The van der Waals surface area contributed by atoms with Crippen molar-refractivity contribution in [2.45, 2.75) is 5.41 Å². The van der Waals surface area contributed by atoms with E-state index in [0.29, 0.717) is 0 Å². The van der Waals surface area contributed by atoms with Crippen molar-refractivity contribution in [2.24, 2.45) is 0 Å². The molecule has 0 fully saturated rings. The molecule has 1 unspecified atom stereocenters. The number of halogens is 1. The summed E-state index contributed by atoms with van der Waals surface area (Å²) in [5.41, 5.74) is 14.1. The van der Waals surface area contributed by atoms with Gasteiger partial charge < -0.3 is 4.90 Å². The summed E-state index contributed by atoms with van der Waals surface area (Å²) in [4.78, 5) is 2.38. The van der Waals surface area contributed by atoms with E-state index in [2.05, 4.69) is 181 Å². The first kappa shape index (κ1) is 30.5. The molecule has 9 rings (SSSR count). The molecule has 0 spiro atoms. The molecular formula is C49H34FN. The van der Waals surface area contributed by atoms with Crippen molar-refractivity contribution in [3.8, 4) is 33.4 Å². The third-order valence-electron chi connectivity index (χ3n) is 10.2. The molecule has 1 atom stereocenters. The fraction of sp³-hybridized carbons (Fsp3) is 0.0204. The minimum atomic E-state index is -0.654. The van der Waals surface area contributed by atoms with Crippen molar-refractivity contribution in [1.29, 1.82) is 0 Å². The fourth-order valence-corrected chi connectivity index (χ4v) is 7.97. The topological polar surface area (TPSA) is 3.24 Å². The Balaban J connectivity index is 1.31. The van der Waals surface area contributed by atoms with Crippen molar-refractivity contribution in [2.75, 3.05) is 4.90 Å². The molecule has 242 valence electrons. The van der Waals surface area contributed by atoms with Crippen LogP contribution in [0.25, 0.3) is 33.4 Å². The van der Waals surface area contributed by atoms with E-state index in [1.807, 2.05) is 18.2 Å². The molecule has 0 bridgehead atoms. The maximum absolute atomic E-state index is 14.5. The van der Waals surface area contributed by atoms with Gasteiger partial charge in [0.2, 0.25) is 0 Å². The van der Waals surface area contributed by atoms with Crippen LogP contribution < -0.4 is 4.90 Å². The van der Waals surface area contributed by atoms with Crippen molar-refractivity contribution in [3.05, 3.63) is 234 Å². The second-order valence-corrected chi connectivity index (χ2v) is 13.0. The summed E-state index contributed by atoms with van der Waals surface area (Å²) < 4.78 is 14.5. The standard InChI is InChI=1S/C49H34FN/c50-40-28-26-39(27-29-40)49(38-18-8-3-9-19-38)46-22-12-10-21-44(46)45-33-32-42(34-47(45)49)51(41-30-24-36(25-31-41)35-14-4-1-5-15-35)48-23-13-11-20-43(48)37-16-6-2-7-17-37/h1-34H. The number of rotatable bonds is 7. The molecule has 8 aromatic rings. The van der Waals surface area contributed by atoms with Gasteiger partial charge in [0.15, 0.2) is 0 Å². The molecule has 0 N–H and O–H groups in total. The highest BCUT2D eigenvalue weighted by Gasteiger charge is 2.46. The lowest BCUT2D eigenvalue weighted by Crippen LogP contribution is -2.28. The highest BCUT2D eigenvalue weighted by Crippen LogP contribution is 2.57. The molecule has 2 heteroatoms. The zero-order valence-electron chi connectivity index (χ0n) is 28.0. The summed E-state index contributed by atoms with van der Waals surface area (Å²) in [5, 5.41) is 0. The van der Waals surface area contributed by atoms with Gasteiger partial charge in [-0.15, -0.1) is 0 Å². The Morgan fingerprint density at radius 3 is 1.57 bits per heavy atom. The summed E-state index contributed by atoms with van der Waals surface area (Å²) in [5.74, 6) is -0.245. The number of anilines is 3. The molecule has 1 aliphatic carbocycles. The molecule has 1 nitrogen and oxygen atoms in total. The van der Waals surface area contributed by atoms with Crippen LogP contribution in [-0.2, 0) is 5.41 Å². The van der Waals surface area contributed by atoms with Gasteiger partial charge in [-0.2, -0.15) is 0 Å². The van der Waals surface area contributed by atoms with Gasteiger partial charge in [0.05, 0.1) is 11.1 Å². The predicted molar refractivity (Wildman–Crippen MR) is 209 cm³/mol. The maximum Gasteiger partial charge on any atom is 0.123 e. The number of nitrogens with zero attached hydrogens (tertiary/aromatic N) is 1. The van der Waals surface area contributed by atoms with Crippen LogP contribution in [0.15, 0.2) is 206 Å². The van der Waals surface area contributed by atoms with Crippen LogP contribution in [0.5, 0.6) is 0 Å². The van der Waals surface area contributed by atoms with E-state index in [-0.39, 0.29) is 5.82 Å². The lowest BCUT2D eigenvalue weighted by molar-refractivity contribution is 0.625. The lowest BCUT2D eigenvalue weighted by Gasteiger charge is -2.35. The molecular weight excluding hydrogens is 622 g/mol. The van der Waals surface area contributed by atoms with Crippen LogP contribution >= 0.6 is 0 Å². The van der Waals surface area contributed by atoms with Gasteiger partial charge in [-0.1, -0.05) is 164 Å². The zero-order valence-corrected chi connectivity index (χ0v) is 28.0. The molecule has 0 radical (unpaired) electrons. The minimum Gasteiger partial charge on any atom is -0.310 e. The smallest absolute Gasteiger partial charge is 0.123 e. The van der Waals surface area contributed by atoms with Crippen molar-refractivity contribution in [1.82, 2.24) is 0 Å². The van der Waals surface area contributed by atoms with E-state index in [4.69, 9.17) is 0 Å². The molecule has 0 amide bonds. The van der Waals surface area contributed by atoms with Crippen LogP contribution in [0.1, 0.15) is 22.3 Å². The van der Waals surface area contributed by atoms with Crippen molar-refractivity contribution < 1.29 is 4.39 Å². The van der Waals surface area contributed by atoms with Crippen LogP contribution in [-0.4, -0.2) is 0 Å². The van der Waals surface area contributed by atoms with E-state index >= 15 is 0 Å². The molecule has 1 aliphatic rings. The average molecular weight is 656 g/mol. The summed E-state index contributed by atoms with van der Waals surface area (Å²) in [7, 11) is 0. The quantitative estimate of drug-likeness (QED) is 0.165. The molecule has 51 heavy (non-hydrogen) atoms. The summed E-state index contributed by atoms with van der Waals surface area (Å²) in [6, 6.07) is 71.8. The highest BCUT2D eigenvalue weighted by molar-refractivity contribution is 5.92. The van der Waals surface area contributed by atoms with E-state index in [9.17, 15) is 4.39 Å². The number of benzene rings is 8. The first-order chi connectivity index (χ1) is 25.2. The van der Waals surface area contributed by atoms with E-state index in [0.717, 1.165) is 39.3 Å². The van der Waals surface area contributed by atoms with Gasteiger partial charge in [-0.3, -0.25) is 0 Å². The van der Waals surface area contributed by atoms with Crippen molar-refractivity contribution in [3.63, 3.8) is 0 Å². The van der Waals surface area contributed by atoms with E-state index in [1.165, 1.54) is 33.4 Å². The van der Waals surface area contributed by atoms with Gasteiger partial charge in [-0.25, -0.2) is 4.39 Å². The predicted octanol–water partition coefficient (Wildman–Crippen LogP) is 13.0. The monoisotopic (exact) mass is 655 g/mol. The summed E-state index contributed by atoms with van der Waals surface area (Å²) >= 11 is 0. The second kappa shape index (κ2) is 12.7.